The summed E-state index contributed by atoms with van der Waals surface area (Å²) < 4.78 is 30.3. The monoisotopic (exact) mass is 536 g/mol. The Balaban J connectivity index is 1.37. The summed E-state index contributed by atoms with van der Waals surface area (Å²) >= 11 is 0. The van der Waals surface area contributed by atoms with E-state index in [1.807, 2.05) is 55.1 Å². The second kappa shape index (κ2) is 11.0. The van der Waals surface area contributed by atoms with Gasteiger partial charge < -0.3 is 4.90 Å². The molecule has 2 aliphatic rings. The zero-order valence-corrected chi connectivity index (χ0v) is 23.0. The largest absolute Gasteiger partial charge is 0.333 e. The van der Waals surface area contributed by atoms with Gasteiger partial charge in [0.2, 0.25) is 5.91 Å². The van der Waals surface area contributed by atoms with Crippen LogP contribution in [0.4, 0.5) is 8.78 Å². The maximum absolute atomic E-state index is 15.4. The average Bonchev–Trinajstić information content (AvgIpc) is 3.41. The van der Waals surface area contributed by atoms with E-state index in [1.165, 1.54) is 28.8 Å². The summed E-state index contributed by atoms with van der Waals surface area (Å²) in [5.41, 5.74) is 6.75. The topological polar surface area (TPSA) is 23.6 Å². The van der Waals surface area contributed by atoms with E-state index in [0.29, 0.717) is 17.7 Å². The van der Waals surface area contributed by atoms with Crippen molar-refractivity contribution in [1.82, 2.24) is 9.80 Å². The number of fused-ring (bicyclic) bond motifs is 2. The predicted octanol–water partition coefficient (Wildman–Crippen LogP) is 6.81. The van der Waals surface area contributed by atoms with E-state index in [0.717, 1.165) is 30.4 Å². The molecule has 4 aromatic carbocycles. The Morgan fingerprint density at radius 2 is 1.50 bits per heavy atom. The minimum atomic E-state index is -0.534. The minimum absolute atomic E-state index is 0.0569. The van der Waals surface area contributed by atoms with Gasteiger partial charge in [-0.3, -0.25) is 9.69 Å². The third kappa shape index (κ3) is 4.95. The van der Waals surface area contributed by atoms with Crippen LogP contribution in [-0.2, 0) is 30.6 Å². The van der Waals surface area contributed by atoms with E-state index < -0.39 is 6.04 Å². The molecular weight excluding hydrogens is 502 g/mol. The number of aryl methyl sites for hydroxylation is 1. The van der Waals surface area contributed by atoms with Crippen molar-refractivity contribution in [3.8, 4) is 0 Å². The van der Waals surface area contributed by atoms with Crippen molar-refractivity contribution in [2.24, 2.45) is 0 Å². The smallest absolute Gasteiger partial charge is 0.240 e. The molecule has 6 rings (SSSR count). The number of amides is 1. The van der Waals surface area contributed by atoms with Gasteiger partial charge in [-0.2, -0.15) is 0 Å². The molecule has 2 atom stereocenters. The van der Waals surface area contributed by atoms with Crippen LogP contribution in [0.2, 0.25) is 0 Å². The number of halogens is 2. The van der Waals surface area contributed by atoms with E-state index in [4.69, 9.17) is 0 Å². The Bertz CT molecular complexity index is 1530. The van der Waals surface area contributed by atoms with Crippen molar-refractivity contribution in [3.05, 3.63) is 142 Å². The highest BCUT2D eigenvalue weighted by Gasteiger charge is 2.39. The van der Waals surface area contributed by atoms with E-state index in [1.54, 1.807) is 18.2 Å². The lowest BCUT2D eigenvalue weighted by molar-refractivity contribution is -0.140. The van der Waals surface area contributed by atoms with Gasteiger partial charge in [-0.1, -0.05) is 84.4 Å². The summed E-state index contributed by atoms with van der Waals surface area (Å²) in [5.74, 6) is -0.639. The molecule has 5 heteroatoms. The highest BCUT2D eigenvalue weighted by Crippen LogP contribution is 2.39. The molecule has 0 N–H and O–H groups in total. The van der Waals surface area contributed by atoms with Crippen molar-refractivity contribution >= 4 is 5.91 Å². The van der Waals surface area contributed by atoms with Gasteiger partial charge in [-0.05, 0) is 67.5 Å². The van der Waals surface area contributed by atoms with Crippen molar-refractivity contribution in [1.29, 1.82) is 0 Å². The van der Waals surface area contributed by atoms with E-state index in [-0.39, 0.29) is 36.2 Å². The van der Waals surface area contributed by atoms with Crippen LogP contribution < -0.4 is 0 Å². The van der Waals surface area contributed by atoms with Crippen LogP contribution in [-0.4, -0.2) is 34.3 Å². The first-order chi connectivity index (χ1) is 19.4. The van der Waals surface area contributed by atoms with Crippen LogP contribution in [0.5, 0.6) is 0 Å². The van der Waals surface area contributed by atoms with E-state index in [2.05, 4.69) is 29.2 Å². The molecular formula is C35H34F2N2O. The molecule has 1 heterocycles. The molecule has 1 aliphatic carbocycles. The number of hydrogen-bond donors (Lipinski definition) is 0. The number of benzene rings is 4. The molecule has 1 aliphatic heterocycles. The second-order valence-electron chi connectivity index (χ2n) is 11.2. The fourth-order valence-electron chi connectivity index (χ4n) is 6.56. The normalized spacial score (nSPS) is 17.8. The fraction of sp³-hybridized carbons (Fsp3) is 0.286. The predicted molar refractivity (Wildman–Crippen MR) is 154 cm³/mol. The van der Waals surface area contributed by atoms with Gasteiger partial charge >= 0.3 is 0 Å². The summed E-state index contributed by atoms with van der Waals surface area (Å²) in [6.07, 6.45) is 2.25. The second-order valence-corrected chi connectivity index (χ2v) is 11.2. The van der Waals surface area contributed by atoms with Crippen LogP contribution in [0.1, 0.15) is 51.9 Å². The molecule has 1 amide bonds. The zero-order valence-electron chi connectivity index (χ0n) is 23.0. The summed E-state index contributed by atoms with van der Waals surface area (Å²) in [6.45, 7) is 4.71. The van der Waals surface area contributed by atoms with Gasteiger partial charge in [-0.15, -0.1) is 0 Å². The number of carbonyl (C=O) groups is 1. The van der Waals surface area contributed by atoms with Crippen LogP contribution >= 0.6 is 0 Å². The van der Waals surface area contributed by atoms with Gasteiger partial charge in [0.1, 0.15) is 11.6 Å². The van der Waals surface area contributed by atoms with Gasteiger partial charge in [0, 0.05) is 30.3 Å². The molecule has 204 valence electrons. The lowest BCUT2D eigenvalue weighted by atomic mass is 9.86. The Kier molecular flexibility index (Phi) is 7.24. The standard InChI is InChI=1S/C35H34F2N2O/c1-23-15-16-33(37)31(19-23)34-30-13-7-5-9-25(30)17-18-38(34)24(2)35(40)39(22-28-12-6-8-14-32(28)36)29-20-26-10-3-4-11-27(26)21-29/h3-16,19,24,29,34H,17-18,20-22H2,1-2H3/t24-,34+/m0/s1. The number of rotatable bonds is 6. The molecule has 0 saturated carbocycles. The SMILES string of the molecule is Cc1ccc(F)c([C@H]2c3ccccc3CCN2[C@@H](C)C(=O)N(Cc2ccccc2F)C2Cc3ccccc3C2)c1. The Morgan fingerprint density at radius 1 is 0.850 bits per heavy atom. The van der Waals surface area contributed by atoms with Crippen molar-refractivity contribution < 1.29 is 13.6 Å². The number of hydrogen-bond acceptors (Lipinski definition) is 2. The molecule has 4 aromatic rings. The van der Waals surface area contributed by atoms with Crippen LogP contribution in [0.15, 0.2) is 91.0 Å². The summed E-state index contributed by atoms with van der Waals surface area (Å²) in [7, 11) is 0. The van der Waals surface area contributed by atoms with E-state index >= 15 is 4.39 Å². The molecule has 0 bridgehead atoms. The summed E-state index contributed by atoms with van der Waals surface area (Å²) in [4.78, 5) is 18.5. The summed E-state index contributed by atoms with van der Waals surface area (Å²) in [6, 6.07) is 27.3. The zero-order chi connectivity index (χ0) is 27.8. The van der Waals surface area contributed by atoms with Crippen molar-refractivity contribution in [3.63, 3.8) is 0 Å². The molecule has 0 radical (unpaired) electrons. The molecule has 3 nitrogen and oxygen atoms in total. The van der Waals surface area contributed by atoms with Crippen LogP contribution in [0.25, 0.3) is 0 Å². The lowest BCUT2D eigenvalue weighted by Gasteiger charge is -2.43. The van der Waals surface area contributed by atoms with Gasteiger partial charge in [0.25, 0.3) is 0 Å². The number of nitrogens with zero attached hydrogens (tertiary/aromatic N) is 2. The minimum Gasteiger partial charge on any atom is -0.333 e. The third-order valence-electron chi connectivity index (χ3n) is 8.67. The van der Waals surface area contributed by atoms with Gasteiger partial charge in [0.05, 0.1) is 12.1 Å². The molecule has 0 spiro atoms. The van der Waals surface area contributed by atoms with E-state index in [9.17, 15) is 9.18 Å². The highest BCUT2D eigenvalue weighted by molar-refractivity contribution is 5.82. The van der Waals surface area contributed by atoms with Gasteiger partial charge in [0.15, 0.2) is 0 Å². The first kappa shape index (κ1) is 26.4. The molecule has 40 heavy (non-hydrogen) atoms. The van der Waals surface area contributed by atoms with Crippen molar-refractivity contribution in [2.45, 2.75) is 57.8 Å². The molecule has 0 fully saturated rings. The van der Waals surface area contributed by atoms with Crippen LogP contribution in [0.3, 0.4) is 0 Å². The Morgan fingerprint density at radius 3 is 2.23 bits per heavy atom. The Hall–Kier alpha value is -3.83. The third-order valence-corrected chi connectivity index (χ3v) is 8.67. The highest BCUT2D eigenvalue weighted by atomic mass is 19.1. The van der Waals surface area contributed by atoms with Gasteiger partial charge in [-0.25, -0.2) is 8.78 Å². The quantitative estimate of drug-likeness (QED) is 0.270. The molecule has 0 aromatic heterocycles. The number of carbonyl (C=O) groups excluding carboxylic acids is 1. The average molecular weight is 537 g/mol. The Labute approximate surface area is 235 Å². The lowest BCUT2D eigenvalue weighted by Crippen LogP contribution is -2.53. The molecule has 0 saturated heterocycles. The van der Waals surface area contributed by atoms with Crippen molar-refractivity contribution in [2.75, 3.05) is 6.54 Å². The summed E-state index contributed by atoms with van der Waals surface area (Å²) in [5, 5.41) is 0. The van der Waals surface area contributed by atoms with Crippen LogP contribution in [0, 0.1) is 18.6 Å². The first-order valence-electron chi connectivity index (χ1n) is 14.1. The first-order valence-corrected chi connectivity index (χ1v) is 14.1. The maximum atomic E-state index is 15.4. The fourth-order valence-corrected chi connectivity index (χ4v) is 6.56. The maximum Gasteiger partial charge on any atom is 0.240 e. The molecule has 0 unspecified atom stereocenters.